The Morgan fingerprint density at radius 2 is 1.94 bits per heavy atom. The Balaban J connectivity index is 1.44. The van der Waals surface area contributed by atoms with Crippen LogP contribution < -0.4 is 16.8 Å². The number of carbonyl (C=O) groups excluding carboxylic acids is 1. The van der Waals surface area contributed by atoms with Crippen molar-refractivity contribution in [2.24, 2.45) is 17.6 Å². The van der Waals surface area contributed by atoms with E-state index in [0.29, 0.717) is 41.5 Å². The van der Waals surface area contributed by atoms with Gasteiger partial charge in [-0.25, -0.2) is 9.37 Å². The van der Waals surface area contributed by atoms with Gasteiger partial charge in [0, 0.05) is 11.5 Å². The van der Waals surface area contributed by atoms with Crippen LogP contribution in [-0.4, -0.2) is 32.6 Å². The first-order valence-corrected chi connectivity index (χ1v) is 12.5. The second-order valence-electron chi connectivity index (χ2n) is 9.48. The number of nitrogens with two attached hydrogens (primary N) is 2. The number of halogens is 2. The van der Waals surface area contributed by atoms with Gasteiger partial charge in [0.25, 0.3) is 0 Å². The van der Waals surface area contributed by atoms with Gasteiger partial charge in [0.05, 0.1) is 16.9 Å². The molecule has 2 aromatic carbocycles. The maximum absolute atomic E-state index is 14.8. The minimum Gasteiger partial charge on any atom is -0.382 e. The third-order valence-corrected chi connectivity index (χ3v) is 7.35. The highest BCUT2D eigenvalue weighted by Crippen LogP contribution is 2.33. The van der Waals surface area contributed by atoms with Gasteiger partial charge in [-0.3, -0.25) is 9.89 Å². The molecular formula is C26H29ClFN7O. The summed E-state index contributed by atoms with van der Waals surface area (Å²) in [5.41, 5.74) is 13.9. The first-order valence-electron chi connectivity index (χ1n) is 12.2. The van der Waals surface area contributed by atoms with E-state index in [-0.39, 0.29) is 28.2 Å². The number of hydrogen-bond acceptors (Lipinski definition) is 5. The van der Waals surface area contributed by atoms with Gasteiger partial charge in [0.1, 0.15) is 22.5 Å². The van der Waals surface area contributed by atoms with E-state index in [0.717, 1.165) is 31.2 Å². The van der Waals surface area contributed by atoms with Crippen molar-refractivity contribution in [1.29, 1.82) is 0 Å². The minimum atomic E-state index is -0.517. The third kappa shape index (κ3) is 4.94. The number of benzene rings is 2. The summed E-state index contributed by atoms with van der Waals surface area (Å²) in [4.78, 5) is 21.0. The van der Waals surface area contributed by atoms with E-state index in [4.69, 9.17) is 28.1 Å². The Morgan fingerprint density at radius 1 is 1.19 bits per heavy atom. The molecule has 1 aliphatic rings. The SMILES string of the molecule is NCC1CCC(C(=O)N[C@@H](Cc2ccccc2)c2nc(-c3cc(F)c4c(N)n[nH]c4c3)c(Cl)[nH]2)CC1. The number of carbonyl (C=O) groups is 1. The van der Waals surface area contributed by atoms with Crippen LogP contribution in [0.25, 0.3) is 22.2 Å². The van der Waals surface area contributed by atoms with Gasteiger partial charge in [-0.05, 0) is 62.3 Å². The van der Waals surface area contributed by atoms with E-state index in [9.17, 15) is 9.18 Å². The molecule has 4 aromatic rings. The second-order valence-corrected chi connectivity index (χ2v) is 9.86. The molecule has 0 radical (unpaired) electrons. The van der Waals surface area contributed by atoms with Crippen LogP contribution in [0.15, 0.2) is 42.5 Å². The van der Waals surface area contributed by atoms with Crippen LogP contribution in [-0.2, 0) is 11.2 Å². The number of anilines is 1. The smallest absolute Gasteiger partial charge is 0.223 e. The number of rotatable bonds is 7. The van der Waals surface area contributed by atoms with Crippen LogP contribution in [0.4, 0.5) is 10.2 Å². The average molecular weight is 510 g/mol. The normalized spacial score (nSPS) is 18.9. The number of fused-ring (bicyclic) bond motifs is 1. The van der Waals surface area contributed by atoms with Gasteiger partial charge in [0.15, 0.2) is 5.82 Å². The monoisotopic (exact) mass is 509 g/mol. The fourth-order valence-electron chi connectivity index (χ4n) is 5.01. The second kappa shape index (κ2) is 10.3. The maximum atomic E-state index is 14.8. The summed E-state index contributed by atoms with van der Waals surface area (Å²) in [5, 5.41) is 10.3. The molecule has 1 atom stereocenters. The largest absolute Gasteiger partial charge is 0.382 e. The lowest BCUT2D eigenvalue weighted by Gasteiger charge is -2.28. The van der Waals surface area contributed by atoms with Crippen molar-refractivity contribution >= 4 is 34.2 Å². The molecule has 8 nitrogen and oxygen atoms in total. The molecule has 36 heavy (non-hydrogen) atoms. The Labute approximate surface area is 213 Å². The number of hydrogen-bond donors (Lipinski definition) is 5. The molecule has 1 amide bonds. The molecule has 0 bridgehead atoms. The molecule has 2 aromatic heterocycles. The highest BCUT2D eigenvalue weighted by Gasteiger charge is 2.29. The zero-order valence-electron chi connectivity index (χ0n) is 19.7. The van der Waals surface area contributed by atoms with E-state index in [1.54, 1.807) is 6.07 Å². The number of H-pyrrole nitrogens is 2. The number of imidazole rings is 1. The van der Waals surface area contributed by atoms with E-state index in [1.807, 2.05) is 30.3 Å². The fourth-order valence-corrected chi connectivity index (χ4v) is 5.26. The summed E-state index contributed by atoms with van der Waals surface area (Å²) < 4.78 is 14.8. The van der Waals surface area contributed by atoms with E-state index >= 15 is 0 Å². The third-order valence-electron chi connectivity index (χ3n) is 7.07. The van der Waals surface area contributed by atoms with Crippen molar-refractivity contribution in [1.82, 2.24) is 25.5 Å². The molecule has 0 aliphatic heterocycles. The van der Waals surface area contributed by atoms with E-state index < -0.39 is 11.9 Å². The standard InChI is InChI=1S/C26H29ClFN7O/c27-23-22(17-11-18(28)21-19(12-17)34-35-24(21)30)32-25(33-23)20(10-14-4-2-1-3-5-14)31-26(36)16-8-6-15(13-29)7-9-16/h1-5,11-12,15-16,20H,6-10,13,29H2,(H,31,36)(H,32,33)(H3,30,34,35)/t15?,16?,20-/m0/s1. The highest BCUT2D eigenvalue weighted by atomic mass is 35.5. The molecule has 1 fully saturated rings. The zero-order valence-corrected chi connectivity index (χ0v) is 20.5. The quantitative estimate of drug-likeness (QED) is 0.250. The predicted octanol–water partition coefficient (Wildman–Crippen LogP) is 4.49. The van der Waals surface area contributed by atoms with Gasteiger partial charge < -0.3 is 21.8 Å². The number of nitrogens with zero attached hydrogens (tertiary/aromatic N) is 2. The van der Waals surface area contributed by atoms with Gasteiger partial charge in [-0.2, -0.15) is 5.10 Å². The number of nitrogens with one attached hydrogen (secondary N) is 3. The van der Waals surface area contributed by atoms with Crippen molar-refractivity contribution in [2.75, 3.05) is 12.3 Å². The van der Waals surface area contributed by atoms with Gasteiger partial charge in [-0.1, -0.05) is 41.9 Å². The average Bonchev–Trinajstić information content (AvgIpc) is 3.47. The molecule has 1 aliphatic carbocycles. The molecule has 188 valence electrons. The van der Waals surface area contributed by atoms with Crippen molar-refractivity contribution < 1.29 is 9.18 Å². The van der Waals surface area contributed by atoms with Gasteiger partial charge >= 0.3 is 0 Å². The van der Waals surface area contributed by atoms with Crippen LogP contribution in [0.2, 0.25) is 5.15 Å². The molecular weight excluding hydrogens is 481 g/mol. The summed E-state index contributed by atoms with van der Waals surface area (Å²) in [6, 6.07) is 12.5. The topological polar surface area (TPSA) is 138 Å². The van der Waals surface area contributed by atoms with E-state index in [2.05, 4.69) is 20.5 Å². The molecule has 1 saturated carbocycles. The first-order chi connectivity index (χ1) is 17.4. The summed E-state index contributed by atoms with van der Waals surface area (Å²) in [5.74, 6) is 0.515. The van der Waals surface area contributed by atoms with Crippen LogP contribution in [0.1, 0.15) is 43.1 Å². The fraction of sp³-hybridized carbons (Fsp3) is 0.346. The molecule has 7 N–H and O–H groups in total. The molecule has 0 spiro atoms. The Bertz CT molecular complexity index is 1360. The molecule has 10 heteroatoms. The number of aromatic amines is 2. The van der Waals surface area contributed by atoms with Crippen molar-refractivity contribution in [3.8, 4) is 11.3 Å². The Hall–Kier alpha value is -3.43. The summed E-state index contributed by atoms with van der Waals surface area (Å²) >= 11 is 6.54. The number of aromatic nitrogens is 4. The van der Waals surface area contributed by atoms with Crippen LogP contribution in [0.3, 0.4) is 0 Å². The van der Waals surface area contributed by atoms with Crippen molar-refractivity contribution in [2.45, 2.75) is 38.1 Å². The zero-order chi connectivity index (χ0) is 25.2. The van der Waals surface area contributed by atoms with Crippen LogP contribution >= 0.6 is 11.6 Å². The molecule has 2 heterocycles. The van der Waals surface area contributed by atoms with Crippen molar-refractivity contribution in [3.63, 3.8) is 0 Å². The lowest BCUT2D eigenvalue weighted by Crippen LogP contribution is -2.37. The lowest BCUT2D eigenvalue weighted by atomic mass is 9.81. The number of amides is 1. The molecule has 0 saturated heterocycles. The Kier molecular flexibility index (Phi) is 6.93. The lowest BCUT2D eigenvalue weighted by molar-refractivity contribution is -0.127. The summed E-state index contributed by atoms with van der Waals surface area (Å²) in [6.07, 6.45) is 4.09. The van der Waals surface area contributed by atoms with Crippen LogP contribution in [0.5, 0.6) is 0 Å². The molecule has 0 unspecified atom stereocenters. The number of nitrogen functional groups attached to an aromatic ring is 1. The van der Waals surface area contributed by atoms with Gasteiger partial charge in [-0.15, -0.1) is 0 Å². The van der Waals surface area contributed by atoms with E-state index in [1.165, 1.54) is 6.07 Å². The van der Waals surface area contributed by atoms with Crippen molar-refractivity contribution in [3.05, 3.63) is 64.8 Å². The summed E-state index contributed by atoms with van der Waals surface area (Å²) in [7, 11) is 0. The highest BCUT2D eigenvalue weighted by molar-refractivity contribution is 6.32. The van der Waals surface area contributed by atoms with Gasteiger partial charge in [0.2, 0.25) is 5.91 Å². The molecule has 5 rings (SSSR count). The van der Waals surface area contributed by atoms with Crippen LogP contribution in [0, 0.1) is 17.7 Å². The summed E-state index contributed by atoms with van der Waals surface area (Å²) in [6.45, 7) is 0.663. The first kappa shape index (κ1) is 24.3. The predicted molar refractivity (Wildman–Crippen MR) is 139 cm³/mol. The maximum Gasteiger partial charge on any atom is 0.223 e. The minimum absolute atomic E-state index is 0.000809. The Morgan fingerprint density at radius 3 is 2.67 bits per heavy atom.